The van der Waals surface area contributed by atoms with E-state index in [4.69, 9.17) is 9.47 Å². The molecule has 2 aromatic rings. The van der Waals surface area contributed by atoms with E-state index in [0.29, 0.717) is 5.56 Å². The summed E-state index contributed by atoms with van der Waals surface area (Å²) < 4.78 is 72.6. The summed E-state index contributed by atoms with van der Waals surface area (Å²) >= 11 is 0. The standard InChI is InChI=1S/C18H19F3N2O5S/c1-17(7-8-17)28-11-27-15-14(9-22-23(16(15)24)10-18(19,20)21)12-3-5-13(6-4-12)29(2,25)26/h3-6,9H,7-8,10-11H2,1-2H3. The molecule has 11 heteroatoms. The molecule has 0 amide bonds. The Kier molecular flexibility index (Phi) is 5.48. The van der Waals surface area contributed by atoms with Crippen LogP contribution in [0.4, 0.5) is 13.2 Å². The molecule has 0 spiro atoms. The van der Waals surface area contributed by atoms with Crippen molar-refractivity contribution in [3.8, 4) is 16.9 Å². The lowest BCUT2D eigenvalue weighted by Crippen LogP contribution is -2.31. The molecule has 0 unspecified atom stereocenters. The number of rotatable bonds is 7. The average Bonchev–Trinajstić information content (AvgIpc) is 3.34. The minimum atomic E-state index is -4.63. The molecule has 1 aromatic carbocycles. The molecule has 0 radical (unpaired) electrons. The lowest BCUT2D eigenvalue weighted by atomic mass is 10.1. The van der Waals surface area contributed by atoms with Gasteiger partial charge in [0.25, 0.3) is 0 Å². The molecule has 0 aliphatic heterocycles. The van der Waals surface area contributed by atoms with Crippen molar-refractivity contribution in [3.05, 3.63) is 40.8 Å². The Bertz CT molecular complexity index is 1060. The molecular weight excluding hydrogens is 413 g/mol. The molecule has 1 saturated carbocycles. The third-order valence-corrected chi connectivity index (χ3v) is 5.62. The van der Waals surface area contributed by atoms with Crippen LogP contribution in [-0.2, 0) is 21.1 Å². The highest BCUT2D eigenvalue weighted by Crippen LogP contribution is 2.38. The zero-order valence-corrected chi connectivity index (χ0v) is 16.5. The molecule has 0 atom stereocenters. The second-order valence-corrected chi connectivity index (χ2v) is 9.13. The second kappa shape index (κ2) is 7.45. The van der Waals surface area contributed by atoms with Crippen molar-refractivity contribution in [1.82, 2.24) is 9.78 Å². The van der Waals surface area contributed by atoms with Crippen molar-refractivity contribution in [2.75, 3.05) is 13.0 Å². The van der Waals surface area contributed by atoms with E-state index in [1.54, 1.807) is 0 Å². The molecule has 29 heavy (non-hydrogen) atoms. The van der Waals surface area contributed by atoms with Gasteiger partial charge in [0, 0.05) is 11.8 Å². The largest absolute Gasteiger partial charge is 0.461 e. The van der Waals surface area contributed by atoms with Gasteiger partial charge >= 0.3 is 11.7 Å². The molecule has 1 fully saturated rings. The summed E-state index contributed by atoms with van der Waals surface area (Å²) in [5, 5.41) is 3.59. The fraction of sp³-hybridized carbons (Fsp3) is 0.444. The smallest absolute Gasteiger partial charge is 0.408 e. The van der Waals surface area contributed by atoms with E-state index >= 15 is 0 Å². The first-order valence-corrected chi connectivity index (χ1v) is 10.5. The lowest BCUT2D eigenvalue weighted by Gasteiger charge is -2.16. The van der Waals surface area contributed by atoms with E-state index in [-0.39, 0.29) is 33.3 Å². The number of halogens is 3. The number of benzene rings is 1. The third kappa shape index (κ3) is 5.36. The topological polar surface area (TPSA) is 87.5 Å². The van der Waals surface area contributed by atoms with Gasteiger partial charge in [0.05, 0.1) is 16.7 Å². The van der Waals surface area contributed by atoms with Gasteiger partial charge in [-0.05, 0) is 37.5 Å². The average molecular weight is 432 g/mol. The number of aromatic nitrogens is 2. The van der Waals surface area contributed by atoms with Crippen LogP contribution in [0.3, 0.4) is 0 Å². The quantitative estimate of drug-likeness (QED) is 0.626. The van der Waals surface area contributed by atoms with Gasteiger partial charge in [-0.15, -0.1) is 0 Å². The van der Waals surface area contributed by atoms with Crippen LogP contribution in [-0.4, -0.2) is 43.0 Å². The number of hydrogen-bond acceptors (Lipinski definition) is 6. The first-order valence-electron chi connectivity index (χ1n) is 8.62. The van der Waals surface area contributed by atoms with Crippen molar-refractivity contribution in [2.45, 2.75) is 43.0 Å². The minimum absolute atomic E-state index is 0.0621. The van der Waals surface area contributed by atoms with Gasteiger partial charge in [-0.25, -0.2) is 13.1 Å². The molecule has 158 valence electrons. The number of ether oxygens (including phenoxy) is 2. The Hall–Kier alpha value is -2.40. The number of sulfone groups is 1. The minimum Gasteiger partial charge on any atom is -0.461 e. The third-order valence-electron chi connectivity index (χ3n) is 4.49. The van der Waals surface area contributed by atoms with Gasteiger partial charge in [-0.1, -0.05) is 12.1 Å². The molecule has 1 heterocycles. The second-order valence-electron chi connectivity index (χ2n) is 7.12. The summed E-state index contributed by atoms with van der Waals surface area (Å²) in [5.74, 6) is -0.347. The van der Waals surface area contributed by atoms with Crippen LogP contribution in [0.15, 0.2) is 40.2 Å². The first kappa shape index (κ1) is 21.3. The fourth-order valence-electron chi connectivity index (χ4n) is 2.53. The Morgan fingerprint density at radius 3 is 2.34 bits per heavy atom. The highest BCUT2D eigenvalue weighted by Gasteiger charge is 2.39. The van der Waals surface area contributed by atoms with E-state index in [1.165, 1.54) is 24.3 Å². The molecule has 1 aromatic heterocycles. The highest BCUT2D eigenvalue weighted by molar-refractivity contribution is 7.90. The van der Waals surface area contributed by atoms with Gasteiger partial charge in [0.1, 0.15) is 6.54 Å². The number of nitrogens with zero attached hydrogens (tertiary/aromatic N) is 2. The first-order chi connectivity index (χ1) is 13.4. The van der Waals surface area contributed by atoms with Crippen LogP contribution in [0.5, 0.6) is 5.75 Å². The van der Waals surface area contributed by atoms with Crippen molar-refractivity contribution in [2.24, 2.45) is 0 Å². The van der Waals surface area contributed by atoms with Crippen molar-refractivity contribution in [1.29, 1.82) is 0 Å². The van der Waals surface area contributed by atoms with E-state index in [2.05, 4.69) is 5.10 Å². The number of alkyl halides is 3. The number of hydrogen-bond donors (Lipinski definition) is 0. The van der Waals surface area contributed by atoms with Crippen LogP contribution < -0.4 is 10.3 Å². The van der Waals surface area contributed by atoms with E-state index < -0.39 is 28.1 Å². The van der Waals surface area contributed by atoms with Gasteiger partial charge in [0.15, 0.2) is 22.4 Å². The maximum Gasteiger partial charge on any atom is 0.408 e. The lowest BCUT2D eigenvalue weighted by molar-refractivity contribution is -0.143. The van der Waals surface area contributed by atoms with Crippen molar-refractivity contribution < 1.29 is 31.1 Å². The molecule has 7 nitrogen and oxygen atoms in total. The van der Waals surface area contributed by atoms with Crippen LogP contribution in [0.25, 0.3) is 11.1 Å². The zero-order chi connectivity index (χ0) is 21.4. The fourth-order valence-corrected chi connectivity index (χ4v) is 3.16. The molecule has 0 bridgehead atoms. The maximum absolute atomic E-state index is 12.7. The van der Waals surface area contributed by atoms with Crippen molar-refractivity contribution >= 4 is 9.84 Å². The summed E-state index contributed by atoms with van der Waals surface area (Å²) in [6.45, 7) is -0.0140. The van der Waals surface area contributed by atoms with Crippen LogP contribution in [0, 0.1) is 0 Å². The van der Waals surface area contributed by atoms with Gasteiger partial charge < -0.3 is 9.47 Å². The molecule has 1 aliphatic carbocycles. The molecular formula is C18H19F3N2O5S. The van der Waals surface area contributed by atoms with Gasteiger partial charge in [-0.2, -0.15) is 18.3 Å². The van der Waals surface area contributed by atoms with E-state index in [1.807, 2.05) is 6.92 Å². The molecule has 0 N–H and O–H groups in total. The zero-order valence-electron chi connectivity index (χ0n) is 15.7. The summed E-state index contributed by atoms with van der Waals surface area (Å²) in [4.78, 5) is 12.6. The summed E-state index contributed by atoms with van der Waals surface area (Å²) in [7, 11) is -3.43. The molecule has 0 saturated heterocycles. The van der Waals surface area contributed by atoms with E-state index in [9.17, 15) is 26.4 Å². The summed E-state index contributed by atoms with van der Waals surface area (Å²) in [6.07, 6.45) is -0.858. The molecule has 1 aliphatic rings. The van der Waals surface area contributed by atoms with Crippen molar-refractivity contribution in [3.63, 3.8) is 0 Å². The Morgan fingerprint density at radius 2 is 1.83 bits per heavy atom. The summed E-state index contributed by atoms with van der Waals surface area (Å²) in [5.41, 5.74) is -0.904. The van der Waals surface area contributed by atoms with Crippen LogP contribution in [0.2, 0.25) is 0 Å². The Labute approximate surface area is 165 Å². The maximum atomic E-state index is 12.7. The van der Waals surface area contributed by atoms with Gasteiger partial charge in [0.2, 0.25) is 0 Å². The predicted octanol–water partition coefficient (Wildman–Crippen LogP) is 2.78. The highest BCUT2D eigenvalue weighted by atomic mass is 32.2. The van der Waals surface area contributed by atoms with Crippen LogP contribution >= 0.6 is 0 Å². The SMILES string of the molecule is CC1(OCOc2c(-c3ccc(S(C)(=O)=O)cc3)cnn(CC(F)(F)F)c2=O)CC1. The Balaban J connectivity index is 1.98. The normalized spacial score (nSPS) is 15.9. The molecule has 3 rings (SSSR count). The van der Waals surface area contributed by atoms with E-state index in [0.717, 1.165) is 25.3 Å². The Morgan fingerprint density at radius 1 is 1.21 bits per heavy atom. The van der Waals surface area contributed by atoms with Gasteiger partial charge in [-0.3, -0.25) is 4.79 Å². The summed E-state index contributed by atoms with van der Waals surface area (Å²) in [6, 6.07) is 5.52. The monoisotopic (exact) mass is 432 g/mol. The predicted molar refractivity (Wildman–Crippen MR) is 97.3 cm³/mol. The van der Waals surface area contributed by atoms with Crippen LogP contribution in [0.1, 0.15) is 19.8 Å².